The van der Waals surface area contributed by atoms with Gasteiger partial charge < -0.3 is 10.2 Å². The van der Waals surface area contributed by atoms with Gasteiger partial charge in [0.1, 0.15) is 11.5 Å². The average Bonchev–Trinajstić information content (AvgIpc) is 2.92. The van der Waals surface area contributed by atoms with Crippen LogP contribution in [0.25, 0.3) is 10.8 Å². The SMILES string of the molecule is CCCc1cc(C=Nc2cccc3cccc(N=Cc4cc(CCC)cc(C(C)(C)C)c4O)c23)c(O)c(C(C)(C)C)c1. The number of phenolic OH excluding ortho intramolecular Hbond substituents is 2. The number of fused-ring (bicyclic) bond motifs is 1. The van der Waals surface area contributed by atoms with Crippen molar-refractivity contribution in [3.8, 4) is 11.5 Å². The lowest BCUT2D eigenvalue weighted by atomic mass is 9.83. The predicted molar refractivity (Wildman–Crippen MR) is 180 cm³/mol. The second-order valence-corrected chi connectivity index (χ2v) is 13.3. The van der Waals surface area contributed by atoms with E-state index in [1.54, 1.807) is 12.4 Å². The first-order chi connectivity index (χ1) is 19.8. The Kier molecular flexibility index (Phi) is 9.25. The van der Waals surface area contributed by atoms with E-state index in [1.165, 1.54) is 11.1 Å². The summed E-state index contributed by atoms with van der Waals surface area (Å²) in [5.41, 5.74) is 6.86. The topological polar surface area (TPSA) is 65.2 Å². The monoisotopic (exact) mass is 562 g/mol. The highest BCUT2D eigenvalue weighted by Gasteiger charge is 2.22. The molecule has 0 radical (unpaired) electrons. The van der Waals surface area contributed by atoms with Crippen molar-refractivity contribution in [1.82, 2.24) is 0 Å². The molecule has 0 aliphatic carbocycles. The third kappa shape index (κ3) is 6.92. The Balaban J connectivity index is 1.82. The zero-order valence-corrected chi connectivity index (χ0v) is 26.5. The van der Waals surface area contributed by atoms with Crippen molar-refractivity contribution < 1.29 is 10.2 Å². The fourth-order valence-electron chi connectivity index (χ4n) is 5.44. The van der Waals surface area contributed by atoms with Gasteiger partial charge in [-0.3, -0.25) is 9.98 Å². The number of hydrogen-bond donors (Lipinski definition) is 2. The van der Waals surface area contributed by atoms with Gasteiger partial charge in [-0.25, -0.2) is 0 Å². The molecule has 0 fully saturated rings. The Hall–Kier alpha value is -3.92. The summed E-state index contributed by atoms with van der Waals surface area (Å²) in [5.74, 6) is 0.559. The average molecular weight is 563 g/mol. The molecule has 220 valence electrons. The zero-order chi connectivity index (χ0) is 30.7. The van der Waals surface area contributed by atoms with Gasteiger partial charge in [0.2, 0.25) is 0 Å². The highest BCUT2D eigenvalue weighted by Crippen LogP contribution is 2.38. The number of phenols is 2. The first kappa shape index (κ1) is 31.0. The second-order valence-electron chi connectivity index (χ2n) is 13.3. The van der Waals surface area contributed by atoms with Gasteiger partial charge in [-0.05, 0) is 64.5 Å². The van der Waals surface area contributed by atoms with E-state index < -0.39 is 0 Å². The molecule has 0 amide bonds. The molecule has 0 atom stereocenters. The molecule has 4 heteroatoms. The van der Waals surface area contributed by atoms with Crippen molar-refractivity contribution in [3.05, 3.63) is 94.0 Å². The standard InChI is InChI=1S/C38H46N2O2/c1-9-13-25-19-28(35(41)30(21-25)37(3,4)5)23-39-32-17-11-15-27-16-12-18-33(34(27)32)40-24-29-20-26(14-10-2)22-31(36(29)42)38(6,7)8/h11-12,15-24,41-42H,9-10,13-14H2,1-8H3. The number of benzene rings is 4. The lowest BCUT2D eigenvalue weighted by Gasteiger charge is -2.22. The van der Waals surface area contributed by atoms with Crippen molar-refractivity contribution in [2.45, 2.75) is 91.9 Å². The zero-order valence-electron chi connectivity index (χ0n) is 26.5. The Bertz CT molecular complexity index is 1510. The van der Waals surface area contributed by atoms with Gasteiger partial charge in [-0.2, -0.15) is 0 Å². The number of aromatic hydroxyl groups is 2. The number of aryl methyl sites for hydroxylation is 2. The van der Waals surface area contributed by atoms with Gasteiger partial charge in [-0.1, -0.05) is 105 Å². The van der Waals surface area contributed by atoms with Gasteiger partial charge in [0, 0.05) is 40.1 Å². The van der Waals surface area contributed by atoms with Crippen LogP contribution in [0.5, 0.6) is 11.5 Å². The molecule has 4 aromatic carbocycles. The van der Waals surface area contributed by atoms with Crippen LogP contribution in [-0.2, 0) is 23.7 Å². The summed E-state index contributed by atoms with van der Waals surface area (Å²) < 4.78 is 0. The Morgan fingerprint density at radius 1 is 0.619 bits per heavy atom. The van der Waals surface area contributed by atoms with Crippen LogP contribution in [0.4, 0.5) is 11.4 Å². The van der Waals surface area contributed by atoms with Gasteiger partial charge in [0.15, 0.2) is 0 Å². The first-order valence-corrected chi connectivity index (χ1v) is 15.2. The maximum atomic E-state index is 11.2. The summed E-state index contributed by atoms with van der Waals surface area (Å²) >= 11 is 0. The first-order valence-electron chi connectivity index (χ1n) is 15.2. The normalized spacial score (nSPS) is 12.7. The lowest BCUT2D eigenvalue weighted by Crippen LogP contribution is -2.13. The van der Waals surface area contributed by atoms with Crippen LogP contribution in [0, 0.1) is 0 Å². The van der Waals surface area contributed by atoms with E-state index in [2.05, 4.69) is 79.7 Å². The van der Waals surface area contributed by atoms with E-state index in [-0.39, 0.29) is 22.3 Å². The summed E-state index contributed by atoms with van der Waals surface area (Å²) in [4.78, 5) is 9.80. The molecule has 0 aliphatic rings. The minimum Gasteiger partial charge on any atom is -0.507 e. The minimum atomic E-state index is -0.190. The van der Waals surface area contributed by atoms with Gasteiger partial charge >= 0.3 is 0 Å². The molecule has 0 heterocycles. The fraction of sp³-hybridized carbons (Fsp3) is 0.368. The summed E-state index contributed by atoms with van der Waals surface area (Å²) in [5, 5.41) is 24.4. The van der Waals surface area contributed by atoms with E-state index in [0.29, 0.717) is 0 Å². The highest BCUT2D eigenvalue weighted by atomic mass is 16.3. The predicted octanol–water partition coefficient (Wildman–Crippen LogP) is 10.3. The summed E-state index contributed by atoms with van der Waals surface area (Å²) in [6.07, 6.45) is 7.50. The number of nitrogens with zero attached hydrogens (tertiary/aromatic N) is 2. The quantitative estimate of drug-likeness (QED) is 0.210. The molecule has 0 aliphatic heterocycles. The smallest absolute Gasteiger partial charge is 0.128 e. The van der Waals surface area contributed by atoms with Crippen LogP contribution in [0.2, 0.25) is 0 Å². The maximum absolute atomic E-state index is 11.2. The maximum Gasteiger partial charge on any atom is 0.128 e. The fourth-order valence-corrected chi connectivity index (χ4v) is 5.44. The molecule has 0 bridgehead atoms. The largest absolute Gasteiger partial charge is 0.507 e. The second kappa shape index (κ2) is 12.5. The van der Waals surface area contributed by atoms with Crippen molar-refractivity contribution in [1.29, 1.82) is 0 Å². The molecule has 0 saturated heterocycles. The van der Waals surface area contributed by atoms with Crippen LogP contribution >= 0.6 is 0 Å². The van der Waals surface area contributed by atoms with E-state index >= 15 is 0 Å². The van der Waals surface area contributed by atoms with Crippen LogP contribution < -0.4 is 0 Å². The van der Waals surface area contributed by atoms with Crippen LogP contribution in [0.3, 0.4) is 0 Å². The van der Waals surface area contributed by atoms with Crippen molar-refractivity contribution in [2.75, 3.05) is 0 Å². The molecule has 0 saturated carbocycles. The number of hydrogen-bond acceptors (Lipinski definition) is 4. The highest BCUT2D eigenvalue weighted by molar-refractivity contribution is 6.04. The molecule has 4 nitrogen and oxygen atoms in total. The molecular formula is C38H46N2O2. The summed E-state index contributed by atoms with van der Waals surface area (Å²) in [7, 11) is 0. The van der Waals surface area contributed by atoms with E-state index in [4.69, 9.17) is 9.98 Å². The van der Waals surface area contributed by atoms with Gasteiger partial charge in [0.25, 0.3) is 0 Å². The molecule has 4 rings (SSSR count). The summed E-state index contributed by atoms with van der Waals surface area (Å²) in [6.45, 7) is 17.0. The number of rotatable bonds is 8. The molecule has 42 heavy (non-hydrogen) atoms. The minimum absolute atomic E-state index is 0.190. The van der Waals surface area contributed by atoms with Crippen LogP contribution in [-0.4, -0.2) is 22.6 Å². The van der Waals surface area contributed by atoms with Crippen LogP contribution in [0.15, 0.2) is 70.6 Å². The molecule has 4 aromatic rings. The Morgan fingerprint density at radius 3 is 1.38 bits per heavy atom. The molecule has 0 aromatic heterocycles. The van der Waals surface area contributed by atoms with Crippen molar-refractivity contribution in [2.24, 2.45) is 9.98 Å². The number of aliphatic imine (C=N–C) groups is 2. The third-order valence-corrected chi connectivity index (χ3v) is 7.64. The Labute approximate surface area is 251 Å². The molecule has 0 unspecified atom stereocenters. The molecular weight excluding hydrogens is 516 g/mol. The van der Waals surface area contributed by atoms with Crippen LogP contribution in [0.1, 0.15) is 102 Å². The lowest BCUT2D eigenvalue weighted by molar-refractivity contribution is 0.444. The third-order valence-electron chi connectivity index (χ3n) is 7.64. The van der Waals surface area contributed by atoms with E-state index in [9.17, 15) is 10.2 Å². The van der Waals surface area contributed by atoms with Crippen molar-refractivity contribution >= 4 is 34.6 Å². The van der Waals surface area contributed by atoms with Gasteiger partial charge in [-0.15, -0.1) is 0 Å². The van der Waals surface area contributed by atoms with Crippen molar-refractivity contribution in [3.63, 3.8) is 0 Å². The van der Waals surface area contributed by atoms with E-state index in [1.807, 2.05) is 36.4 Å². The van der Waals surface area contributed by atoms with Gasteiger partial charge in [0.05, 0.1) is 11.4 Å². The Morgan fingerprint density at radius 2 is 1.02 bits per heavy atom. The van der Waals surface area contributed by atoms with E-state index in [0.717, 1.165) is 70.1 Å². The summed E-state index contributed by atoms with van der Waals surface area (Å²) in [6, 6.07) is 20.4. The molecule has 2 N–H and O–H groups in total. The molecule has 0 spiro atoms.